The molecule has 1 aromatic rings. The van der Waals surface area contributed by atoms with E-state index in [2.05, 4.69) is 5.32 Å². The average molecular weight is 231 g/mol. The third-order valence-corrected chi connectivity index (χ3v) is 2.25. The van der Waals surface area contributed by atoms with Crippen molar-refractivity contribution in [1.29, 1.82) is 0 Å². The van der Waals surface area contributed by atoms with E-state index in [4.69, 9.17) is 10.2 Å². The van der Waals surface area contributed by atoms with Gasteiger partial charge >= 0.3 is 0 Å². The number of benzene rings is 1. The second-order valence-corrected chi connectivity index (χ2v) is 3.51. The Bertz CT molecular complexity index is 302. The Morgan fingerprint density at radius 3 is 2.19 bits per heavy atom. The lowest BCUT2D eigenvalue weighted by Gasteiger charge is -2.20. The fraction of sp³-hybridized carbons (Fsp3) is 0.455. The molecule has 0 unspecified atom stereocenters. The molecule has 0 amide bonds. The van der Waals surface area contributed by atoms with Crippen molar-refractivity contribution in [3.05, 3.63) is 35.9 Å². The minimum Gasteiger partial charge on any atom is -0.395 e. The third-order valence-electron chi connectivity index (χ3n) is 2.25. The second kappa shape index (κ2) is 5.89. The van der Waals surface area contributed by atoms with Crippen molar-refractivity contribution in [2.45, 2.75) is 12.0 Å². The molecule has 90 valence electrons. The van der Waals surface area contributed by atoms with Gasteiger partial charge in [-0.1, -0.05) is 30.3 Å². The first-order valence-corrected chi connectivity index (χ1v) is 4.98. The molecule has 0 aliphatic heterocycles. The summed E-state index contributed by atoms with van der Waals surface area (Å²) in [7, 11) is 0. The highest BCUT2D eigenvalue weighted by atomic mass is 19.3. The molecule has 0 aliphatic rings. The van der Waals surface area contributed by atoms with Crippen molar-refractivity contribution in [3.8, 4) is 0 Å². The van der Waals surface area contributed by atoms with Crippen LogP contribution in [0.25, 0.3) is 0 Å². The van der Waals surface area contributed by atoms with Crippen LogP contribution in [0.3, 0.4) is 0 Å². The summed E-state index contributed by atoms with van der Waals surface area (Å²) in [5.74, 6) is -3.01. The summed E-state index contributed by atoms with van der Waals surface area (Å²) in [6.07, 6.45) is 0. The molecule has 0 spiro atoms. The highest BCUT2D eigenvalue weighted by molar-refractivity contribution is 5.20. The number of halogens is 2. The molecule has 0 radical (unpaired) electrons. The topological polar surface area (TPSA) is 52.5 Å². The van der Waals surface area contributed by atoms with Crippen molar-refractivity contribution >= 4 is 0 Å². The van der Waals surface area contributed by atoms with E-state index in [0.29, 0.717) is 0 Å². The zero-order valence-electron chi connectivity index (χ0n) is 8.74. The van der Waals surface area contributed by atoms with E-state index in [1.807, 2.05) is 0 Å². The van der Waals surface area contributed by atoms with Gasteiger partial charge < -0.3 is 15.5 Å². The van der Waals surface area contributed by atoms with Crippen LogP contribution >= 0.6 is 0 Å². The standard InChI is InChI=1S/C11H15F2NO2/c12-11(13,8-14-10(6-15)7-16)9-4-2-1-3-5-9/h1-5,10,14-16H,6-8H2. The summed E-state index contributed by atoms with van der Waals surface area (Å²) >= 11 is 0. The fourth-order valence-electron chi connectivity index (χ4n) is 1.24. The fourth-order valence-corrected chi connectivity index (χ4v) is 1.24. The van der Waals surface area contributed by atoms with Crippen molar-refractivity contribution in [3.63, 3.8) is 0 Å². The minimum atomic E-state index is -3.01. The van der Waals surface area contributed by atoms with Gasteiger partial charge in [0, 0.05) is 5.56 Å². The summed E-state index contributed by atoms with van der Waals surface area (Å²) in [5.41, 5.74) is -0.0860. The Labute approximate surface area is 92.7 Å². The average Bonchev–Trinajstić information content (AvgIpc) is 2.31. The van der Waals surface area contributed by atoms with Gasteiger partial charge in [0.25, 0.3) is 5.92 Å². The minimum absolute atomic E-state index is 0.0860. The third kappa shape index (κ3) is 3.52. The first-order valence-electron chi connectivity index (χ1n) is 4.98. The molecular weight excluding hydrogens is 216 g/mol. The van der Waals surface area contributed by atoms with Crippen molar-refractivity contribution in [2.24, 2.45) is 0 Å². The predicted molar refractivity (Wildman–Crippen MR) is 56.3 cm³/mol. The number of hydrogen-bond acceptors (Lipinski definition) is 3. The van der Waals surface area contributed by atoms with Gasteiger partial charge in [0.1, 0.15) is 0 Å². The molecule has 1 rings (SSSR count). The molecule has 0 saturated heterocycles. The van der Waals surface area contributed by atoms with Crippen LogP contribution in [-0.4, -0.2) is 36.0 Å². The summed E-state index contributed by atoms with van der Waals surface area (Å²) in [6.45, 7) is -1.36. The molecule has 5 heteroatoms. The van der Waals surface area contributed by atoms with Crippen LogP contribution in [0.15, 0.2) is 30.3 Å². The Hall–Kier alpha value is -1.04. The van der Waals surface area contributed by atoms with Crippen LogP contribution in [0, 0.1) is 0 Å². The van der Waals surface area contributed by atoms with Crippen LogP contribution in [0.4, 0.5) is 8.78 Å². The zero-order chi connectivity index (χ0) is 12.0. The van der Waals surface area contributed by atoms with E-state index in [0.717, 1.165) is 0 Å². The van der Waals surface area contributed by atoms with Gasteiger partial charge in [-0.15, -0.1) is 0 Å². The number of alkyl halides is 2. The molecule has 0 saturated carbocycles. The summed E-state index contributed by atoms with van der Waals surface area (Å²) in [6, 6.07) is 6.72. The largest absolute Gasteiger partial charge is 0.395 e. The lowest BCUT2D eigenvalue weighted by Crippen LogP contribution is -2.41. The van der Waals surface area contributed by atoms with Crippen LogP contribution in [-0.2, 0) is 5.92 Å². The van der Waals surface area contributed by atoms with Gasteiger partial charge in [-0.25, -0.2) is 0 Å². The molecule has 3 nitrogen and oxygen atoms in total. The SMILES string of the molecule is OCC(CO)NCC(F)(F)c1ccccc1. The first-order chi connectivity index (χ1) is 7.60. The second-order valence-electron chi connectivity index (χ2n) is 3.51. The molecule has 0 aromatic heterocycles. The van der Waals surface area contributed by atoms with E-state index in [9.17, 15) is 8.78 Å². The molecule has 0 aliphatic carbocycles. The number of aliphatic hydroxyl groups is 2. The van der Waals surface area contributed by atoms with Crippen LogP contribution in [0.1, 0.15) is 5.56 Å². The summed E-state index contributed by atoms with van der Waals surface area (Å²) in [5, 5.41) is 19.9. The Morgan fingerprint density at radius 2 is 1.69 bits per heavy atom. The highest BCUT2D eigenvalue weighted by Crippen LogP contribution is 2.26. The normalized spacial score (nSPS) is 12.1. The van der Waals surface area contributed by atoms with Crippen LogP contribution < -0.4 is 5.32 Å². The maximum absolute atomic E-state index is 13.6. The van der Waals surface area contributed by atoms with Crippen molar-refractivity contribution in [1.82, 2.24) is 5.32 Å². The lowest BCUT2D eigenvalue weighted by molar-refractivity contribution is -0.00954. The monoisotopic (exact) mass is 231 g/mol. The Kier molecular flexibility index (Phi) is 4.79. The Balaban J connectivity index is 2.58. The Morgan fingerprint density at radius 1 is 1.12 bits per heavy atom. The summed E-state index contributed by atoms with van der Waals surface area (Å²) < 4.78 is 27.1. The predicted octanol–water partition coefficient (Wildman–Crippen LogP) is 0.721. The van der Waals surface area contributed by atoms with Gasteiger partial charge in [0.2, 0.25) is 0 Å². The first kappa shape index (κ1) is 13.0. The van der Waals surface area contributed by atoms with Gasteiger partial charge in [0.05, 0.1) is 25.8 Å². The number of hydrogen-bond donors (Lipinski definition) is 3. The molecule has 0 bridgehead atoms. The van der Waals surface area contributed by atoms with Gasteiger partial charge in [-0.05, 0) is 0 Å². The lowest BCUT2D eigenvalue weighted by atomic mass is 10.1. The molecule has 1 aromatic carbocycles. The van der Waals surface area contributed by atoms with E-state index >= 15 is 0 Å². The molecule has 0 fully saturated rings. The van der Waals surface area contributed by atoms with Gasteiger partial charge in [-0.3, -0.25) is 0 Å². The quantitative estimate of drug-likeness (QED) is 0.676. The molecule has 3 N–H and O–H groups in total. The van der Waals surface area contributed by atoms with E-state index in [1.165, 1.54) is 12.1 Å². The molecule has 0 heterocycles. The zero-order valence-corrected chi connectivity index (χ0v) is 8.74. The molecule has 16 heavy (non-hydrogen) atoms. The molecular formula is C11H15F2NO2. The molecule has 0 atom stereocenters. The summed E-state index contributed by atoms with van der Waals surface area (Å²) in [4.78, 5) is 0. The van der Waals surface area contributed by atoms with E-state index in [-0.39, 0.29) is 18.8 Å². The van der Waals surface area contributed by atoms with Crippen LogP contribution in [0.5, 0.6) is 0 Å². The highest BCUT2D eigenvalue weighted by Gasteiger charge is 2.31. The van der Waals surface area contributed by atoms with E-state index < -0.39 is 18.5 Å². The number of aliphatic hydroxyl groups excluding tert-OH is 2. The maximum Gasteiger partial charge on any atom is 0.285 e. The van der Waals surface area contributed by atoms with E-state index in [1.54, 1.807) is 18.2 Å². The smallest absolute Gasteiger partial charge is 0.285 e. The number of nitrogens with one attached hydrogen (secondary N) is 1. The van der Waals surface area contributed by atoms with Crippen molar-refractivity contribution < 1.29 is 19.0 Å². The van der Waals surface area contributed by atoms with Crippen molar-refractivity contribution in [2.75, 3.05) is 19.8 Å². The maximum atomic E-state index is 13.6. The number of rotatable bonds is 6. The van der Waals surface area contributed by atoms with Gasteiger partial charge in [-0.2, -0.15) is 8.78 Å². The van der Waals surface area contributed by atoms with Gasteiger partial charge in [0.15, 0.2) is 0 Å². The van der Waals surface area contributed by atoms with Crippen LogP contribution in [0.2, 0.25) is 0 Å².